The summed E-state index contributed by atoms with van der Waals surface area (Å²) in [6.45, 7) is 5.07. The van der Waals surface area contributed by atoms with Crippen molar-refractivity contribution in [3.63, 3.8) is 0 Å². The van der Waals surface area contributed by atoms with Crippen molar-refractivity contribution in [2.24, 2.45) is 0 Å². The van der Waals surface area contributed by atoms with Crippen LogP contribution in [-0.2, 0) is 17.8 Å². The second-order valence-electron chi connectivity index (χ2n) is 7.98. The number of amides is 1. The third-order valence-electron chi connectivity index (χ3n) is 5.83. The van der Waals surface area contributed by atoms with Gasteiger partial charge in [0, 0.05) is 49.7 Å². The van der Waals surface area contributed by atoms with Gasteiger partial charge in [0.05, 0.1) is 33.4 Å². The zero-order chi connectivity index (χ0) is 23.0. The highest BCUT2D eigenvalue weighted by Gasteiger charge is 2.21. The average molecular weight is 453 g/mol. The summed E-state index contributed by atoms with van der Waals surface area (Å²) in [5.74, 6) is 0.989. The molecule has 1 amide bonds. The van der Waals surface area contributed by atoms with Gasteiger partial charge in [-0.05, 0) is 24.3 Å². The van der Waals surface area contributed by atoms with Gasteiger partial charge in [-0.2, -0.15) is 0 Å². The molecule has 0 aliphatic carbocycles. The molecule has 1 saturated heterocycles. The smallest absolute Gasteiger partial charge is 0.254 e. The van der Waals surface area contributed by atoms with E-state index in [0.717, 1.165) is 19.6 Å². The number of aromatic nitrogens is 2. The van der Waals surface area contributed by atoms with E-state index in [4.69, 9.17) is 9.47 Å². The summed E-state index contributed by atoms with van der Waals surface area (Å²) in [6, 6.07) is 13.9. The number of methoxy groups -OCH3 is 1. The Kier molecular flexibility index (Phi) is 7.70. The number of carbonyl (C=O) groups is 1. The van der Waals surface area contributed by atoms with E-state index in [0.29, 0.717) is 55.5 Å². The third-order valence-corrected chi connectivity index (χ3v) is 5.83. The third kappa shape index (κ3) is 5.97. The molecular formula is C25H29FN4O3. The Morgan fingerprint density at radius 3 is 2.79 bits per heavy atom. The minimum Gasteiger partial charge on any atom is -0.497 e. The topological polar surface area (TPSA) is 59.8 Å². The predicted molar refractivity (Wildman–Crippen MR) is 123 cm³/mol. The summed E-state index contributed by atoms with van der Waals surface area (Å²) in [6.07, 6.45) is 3.50. The van der Waals surface area contributed by atoms with Crippen LogP contribution in [0.3, 0.4) is 0 Å². The molecule has 174 valence electrons. The number of morpholine rings is 1. The molecule has 0 N–H and O–H groups in total. The van der Waals surface area contributed by atoms with E-state index in [2.05, 4.69) is 9.88 Å². The van der Waals surface area contributed by atoms with E-state index in [-0.39, 0.29) is 11.7 Å². The fraction of sp³-hybridized carbons (Fsp3) is 0.360. The van der Waals surface area contributed by atoms with Crippen molar-refractivity contribution >= 4 is 5.91 Å². The molecule has 0 radical (unpaired) electrons. The van der Waals surface area contributed by atoms with Crippen LogP contribution < -0.4 is 4.74 Å². The van der Waals surface area contributed by atoms with Gasteiger partial charge in [0.25, 0.3) is 5.91 Å². The summed E-state index contributed by atoms with van der Waals surface area (Å²) in [4.78, 5) is 22.0. The van der Waals surface area contributed by atoms with Gasteiger partial charge in [0.1, 0.15) is 17.4 Å². The van der Waals surface area contributed by atoms with Crippen molar-refractivity contribution in [1.29, 1.82) is 0 Å². The Morgan fingerprint density at radius 1 is 1.18 bits per heavy atom. The van der Waals surface area contributed by atoms with Crippen LogP contribution in [0.2, 0.25) is 0 Å². The van der Waals surface area contributed by atoms with E-state index in [1.807, 2.05) is 29.0 Å². The van der Waals surface area contributed by atoms with Crippen molar-refractivity contribution in [2.75, 3.05) is 46.5 Å². The molecule has 8 heteroatoms. The number of hydrogen-bond donors (Lipinski definition) is 0. The number of carbonyl (C=O) groups excluding carboxylic acids is 1. The lowest BCUT2D eigenvalue weighted by atomic mass is 10.2. The van der Waals surface area contributed by atoms with Crippen LogP contribution in [0.1, 0.15) is 21.7 Å². The second kappa shape index (κ2) is 11.1. The number of imidazole rings is 1. The van der Waals surface area contributed by atoms with E-state index in [1.54, 1.807) is 42.5 Å². The molecule has 0 saturated carbocycles. The number of hydrogen-bond acceptors (Lipinski definition) is 5. The fourth-order valence-electron chi connectivity index (χ4n) is 3.89. The Labute approximate surface area is 193 Å². The van der Waals surface area contributed by atoms with Crippen LogP contribution in [-0.4, -0.2) is 71.8 Å². The maximum atomic E-state index is 14.2. The minimum absolute atomic E-state index is 0.0948. The number of benzene rings is 2. The van der Waals surface area contributed by atoms with Crippen LogP contribution in [0.4, 0.5) is 4.39 Å². The van der Waals surface area contributed by atoms with E-state index in [1.165, 1.54) is 6.07 Å². The average Bonchev–Trinajstić information content (AvgIpc) is 3.30. The lowest BCUT2D eigenvalue weighted by molar-refractivity contribution is 0.0318. The zero-order valence-electron chi connectivity index (χ0n) is 18.8. The fourth-order valence-corrected chi connectivity index (χ4v) is 3.89. The highest BCUT2D eigenvalue weighted by atomic mass is 19.1. The summed E-state index contributed by atoms with van der Waals surface area (Å²) < 4.78 is 26.8. The molecule has 3 aromatic rings. The molecular weight excluding hydrogens is 423 g/mol. The highest BCUT2D eigenvalue weighted by Crippen LogP contribution is 2.17. The summed E-state index contributed by atoms with van der Waals surface area (Å²) in [7, 11) is 1.58. The van der Waals surface area contributed by atoms with Gasteiger partial charge in [-0.15, -0.1) is 0 Å². The molecule has 0 bridgehead atoms. The van der Waals surface area contributed by atoms with Crippen molar-refractivity contribution in [2.45, 2.75) is 13.1 Å². The number of nitrogens with zero attached hydrogens (tertiary/aromatic N) is 4. The molecule has 0 atom stereocenters. The first-order chi connectivity index (χ1) is 16.1. The Hall–Kier alpha value is -3.23. The molecule has 1 aliphatic rings. The first kappa shape index (κ1) is 22.9. The molecule has 2 heterocycles. The molecule has 1 aromatic heterocycles. The standard InChI is InChI=1S/C25H29FN4O3/c1-32-22-7-4-6-20(17-22)25(31)30(12-11-28-13-15-33-16-14-28)19-24-27-9-10-29(24)18-21-5-2-3-8-23(21)26/h2-10,17H,11-16,18-19H2,1H3. The maximum absolute atomic E-state index is 14.2. The van der Waals surface area contributed by atoms with Gasteiger partial charge < -0.3 is 18.9 Å². The first-order valence-corrected chi connectivity index (χ1v) is 11.1. The minimum atomic E-state index is -0.256. The van der Waals surface area contributed by atoms with Crippen LogP contribution in [0.25, 0.3) is 0 Å². The highest BCUT2D eigenvalue weighted by molar-refractivity contribution is 5.94. The van der Waals surface area contributed by atoms with Crippen molar-refractivity contribution in [3.05, 3.63) is 83.7 Å². The maximum Gasteiger partial charge on any atom is 0.254 e. The monoisotopic (exact) mass is 452 g/mol. The van der Waals surface area contributed by atoms with Crippen LogP contribution in [0, 0.1) is 5.82 Å². The summed E-state index contributed by atoms with van der Waals surface area (Å²) in [5.41, 5.74) is 1.14. The Morgan fingerprint density at radius 2 is 2.00 bits per heavy atom. The van der Waals surface area contributed by atoms with Crippen LogP contribution in [0.15, 0.2) is 60.9 Å². The van der Waals surface area contributed by atoms with Gasteiger partial charge in [0.15, 0.2) is 0 Å². The predicted octanol–water partition coefficient (Wildman–Crippen LogP) is 3.05. The van der Waals surface area contributed by atoms with Crippen molar-refractivity contribution in [3.8, 4) is 5.75 Å². The summed E-state index contributed by atoms with van der Waals surface area (Å²) >= 11 is 0. The first-order valence-electron chi connectivity index (χ1n) is 11.1. The normalized spacial score (nSPS) is 14.2. The van der Waals surface area contributed by atoms with E-state index < -0.39 is 0 Å². The molecule has 7 nitrogen and oxygen atoms in total. The van der Waals surface area contributed by atoms with E-state index in [9.17, 15) is 9.18 Å². The number of rotatable bonds is 9. The number of ether oxygens (including phenoxy) is 2. The van der Waals surface area contributed by atoms with Gasteiger partial charge in [0.2, 0.25) is 0 Å². The molecule has 0 spiro atoms. The van der Waals surface area contributed by atoms with Gasteiger partial charge in [-0.3, -0.25) is 9.69 Å². The lowest BCUT2D eigenvalue weighted by Crippen LogP contribution is -2.43. The quantitative estimate of drug-likeness (QED) is 0.500. The SMILES string of the molecule is COc1cccc(C(=O)N(CCN2CCOCC2)Cc2nccn2Cc2ccccc2F)c1. The van der Waals surface area contributed by atoms with Gasteiger partial charge >= 0.3 is 0 Å². The van der Waals surface area contributed by atoms with E-state index >= 15 is 0 Å². The summed E-state index contributed by atoms with van der Waals surface area (Å²) in [5, 5.41) is 0. The van der Waals surface area contributed by atoms with Gasteiger partial charge in [-0.25, -0.2) is 9.37 Å². The molecule has 0 unspecified atom stereocenters. The molecule has 2 aromatic carbocycles. The molecule has 33 heavy (non-hydrogen) atoms. The Balaban J connectivity index is 1.53. The number of halogens is 1. The largest absolute Gasteiger partial charge is 0.497 e. The van der Waals surface area contributed by atoms with Gasteiger partial charge in [-0.1, -0.05) is 24.3 Å². The molecule has 4 rings (SSSR count). The van der Waals surface area contributed by atoms with Crippen molar-refractivity contribution < 1.29 is 18.7 Å². The molecule has 1 aliphatic heterocycles. The van der Waals surface area contributed by atoms with Crippen molar-refractivity contribution in [1.82, 2.24) is 19.4 Å². The zero-order valence-corrected chi connectivity index (χ0v) is 18.8. The van der Waals surface area contributed by atoms with Crippen LogP contribution >= 0.6 is 0 Å². The second-order valence-corrected chi connectivity index (χ2v) is 7.98. The lowest BCUT2D eigenvalue weighted by Gasteiger charge is -2.30. The molecule has 1 fully saturated rings. The Bertz CT molecular complexity index is 1070. The van der Waals surface area contributed by atoms with Crippen LogP contribution in [0.5, 0.6) is 5.75 Å².